The van der Waals surface area contributed by atoms with Crippen molar-refractivity contribution in [1.29, 1.82) is 0 Å². The van der Waals surface area contributed by atoms with Gasteiger partial charge in [-0.3, -0.25) is 0 Å². The van der Waals surface area contributed by atoms with Crippen LogP contribution >= 0.6 is 15.9 Å². The highest BCUT2D eigenvalue weighted by Gasteiger charge is 2.02. The minimum atomic E-state index is 0.852. The van der Waals surface area contributed by atoms with Crippen LogP contribution in [0.15, 0.2) is 23.2 Å². The lowest BCUT2D eigenvalue weighted by atomic mass is 10.3. The Morgan fingerprint density at radius 3 is 3.17 bits per heavy atom. The average molecular weight is 226 g/mol. The number of nitrogens with zero attached hydrogens (tertiary/aromatic N) is 3. The summed E-state index contributed by atoms with van der Waals surface area (Å²) in [7, 11) is 0. The van der Waals surface area contributed by atoms with E-state index in [9.17, 15) is 0 Å². The molecule has 0 N–H and O–H groups in total. The minimum Gasteiger partial charge on any atom is -0.303 e. The summed E-state index contributed by atoms with van der Waals surface area (Å²) in [5.41, 5.74) is 1.97. The molecule has 2 aromatic rings. The summed E-state index contributed by atoms with van der Waals surface area (Å²) in [5.74, 6) is 0. The van der Waals surface area contributed by atoms with Crippen LogP contribution in [0.4, 0.5) is 0 Å². The smallest absolute Gasteiger partial charge is 0.158 e. The third kappa shape index (κ3) is 1.12. The minimum absolute atomic E-state index is 0.852. The van der Waals surface area contributed by atoms with Crippen molar-refractivity contribution in [3.8, 4) is 0 Å². The molecular weight excluding hydrogens is 218 g/mol. The number of fused-ring (bicyclic) bond motifs is 1. The molecule has 0 saturated carbocycles. The van der Waals surface area contributed by atoms with Gasteiger partial charge in [0.1, 0.15) is 4.60 Å². The molecule has 4 heteroatoms. The van der Waals surface area contributed by atoms with Gasteiger partial charge in [-0.05, 0) is 22.4 Å². The van der Waals surface area contributed by atoms with E-state index in [1.54, 1.807) is 6.20 Å². The molecule has 0 bridgehead atoms. The van der Waals surface area contributed by atoms with Crippen molar-refractivity contribution >= 4 is 21.6 Å². The van der Waals surface area contributed by atoms with E-state index in [1.165, 1.54) is 0 Å². The van der Waals surface area contributed by atoms with Crippen LogP contribution in [-0.4, -0.2) is 14.4 Å². The Morgan fingerprint density at radius 2 is 2.42 bits per heavy atom. The predicted octanol–water partition coefficient (Wildman–Crippen LogP) is 2.05. The molecule has 2 heterocycles. The molecule has 3 nitrogen and oxygen atoms in total. The monoisotopic (exact) mass is 225 g/mol. The molecule has 0 saturated heterocycles. The van der Waals surface area contributed by atoms with E-state index in [-0.39, 0.29) is 0 Å². The van der Waals surface area contributed by atoms with E-state index in [0.717, 1.165) is 22.4 Å². The fourth-order valence-corrected chi connectivity index (χ4v) is 1.64. The first-order chi connectivity index (χ1) is 5.81. The maximum atomic E-state index is 4.33. The van der Waals surface area contributed by atoms with Crippen LogP contribution in [-0.2, 0) is 6.42 Å². The Morgan fingerprint density at radius 1 is 1.58 bits per heavy atom. The largest absolute Gasteiger partial charge is 0.303 e. The van der Waals surface area contributed by atoms with Crippen molar-refractivity contribution < 1.29 is 0 Å². The molecule has 0 spiro atoms. The Kier molecular flexibility index (Phi) is 1.84. The molecule has 0 aliphatic rings. The van der Waals surface area contributed by atoms with Crippen LogP contribution in [0.25, 0.3) is 5.65 Å². The summed E-state index contributed by atoms with van der Waals surface area (Å²) in [6, 6.07) is 0. The second-order valence-electron chi connectivity index (χ2n) is 2.52. The van der Waals surface area contributed by atoms with E-state index in [0.29, 0.717) is 0 Å². The molecule has 0 fully saturated rings. The molecule has 2 rings (SSSR count). The Bertz CT molecular complexity index is 408. The fraction of sp³-hybridized carbons (Fsp3) is 0.250. The van der Waals surface area contributed by atoms with Crippen molar-refractivity contribution in [3.05, 3.63) is 28.9 Å². The van der Waals surface area contributed by atoms with Crippen LogP contribution in [0.2, 0.25) is 0 Å². The number of hydrogen-bond donors (Lipinski definition) is 0. The van der Waals surface area contributed by atoms with E-state index in [4.69, 9.17) is 0 Å². The summed E-state index contributed by atoms with van der Waals surface area (Å²) in [5, 5.41) is 0. The van der Waals surface area contributed by atoms with Crippen LogP contribution in [0.1, 0.15) is 12.6 Å². The molecule has 12 heavy (non-hydrogen) atoms. The van der Waals surface area contributed by atoms with Gasteiger partial charge < -0.3 is 4.40 Å². The van der Waals surface area contributed by atoms with E-state index >= 15 is 0 Å². The molecule has 0 aliphatic heterocycles. The van der Waals surface area contributed by atoms with Gasteiger partial charge in [-0.25, -0.2) is 9.97 Å². The van der Waals surface area contributed by atoms with Crippen molar-refractivity contribution in [2.75, 3.05) is 0 Å². The number of imidazole rings is 1. The first-order valence-electron chi connectivity index (χ1n) is 3.79. The predicted molar refractivity (Wildman–Crippen MR) is 50.1 cm³/mol. The second kappa shape index (κ2) is 2.86. The molecule has 0 aromatic carbocycles. The summed E-state index contributed by atoms with van der Waals surface area (Å²) in [6.07, 6.45) is 6.50. The van der Waals surface area contributed by atoms with Gasteiger partial charge in [0, 0.05) is 18.6 Å². The fourth-order valence-electron chi connectivity index (χ4n) is 1.20. The zero-order chi connectivity index (χ0) is 8.55. The SMILES string of the molecule is CCc1nc(Br)cn2ccnc12. The third-order valence-corrected chi connectivity index (χ3v) is 2.13. The highest BCUT2D eigenvalue weighted by Crippen LogP contribution is 2.12. The van der Waals surface area contributed by atoms with E-state index in [1.807, 2.05) is 16.8 Å². The lowest BCUT2D eigenvalue weighted by Gasteiger charge is -1.99. The quantitative estimate of drug-likeness (QED) is 0.744. The van der Waals surface area contributed by atoms with Gasteiger partial charge >= 0.3 is 0 Å². The van der Waals surface area contributed by atoms with Gasteiger partial charge in [0.2, 0.25) is 0 Å². The summed E-state index contributed by atoms with van der Waals surface area (Å²) < 4.78 is 2.82. The molecule has 0 radical (unpaired) electrons. The molecule has 62 valence electrons. The molecule has 0 aliphatic carbocycles. The zero-order valence-corrected chi connectivity index (χ0v) is 8.24. The maximum absolute atomic E-state index is 4.33. The molecular formula is C8H8BrN3. The van der Waals surface area contributed by atoms with Crippen molar-refractivity contribution in [1.82, 2.24) is 14.4 Å². The number of aryl methyl sites for hydroxylation is 1. The van der Waals surface area contributed by atoms with Gasteiger partial charge in [0.05, 0.1) is 5.69 Å². The van der Waals surface area contributed by atoms with Gasteiger partial charge in [-0.1, -0.05) is 6.92 Å². The summed E-state index contributed by atoms with van der Waals surface area (Å²) in [4.78, 5) is 8.54. The van der Waals surface area contributed by atoms with Crippen LogP contribution < -0.4 is 0 Å². The van der Waals surface area contributed by atoms with Crippen LogP contribution in [0, 0.1) is 0 Å². The van der Waals surface area contributed by atoms with Crippen LogP contribution in [0.3, 0.4) is 0 Å². The topological polar surface area (TPSA) is 30.2 Å². The normalized spacial score (nSPS) is 10.8. The van der Waals surface area contributed by atoms with E-state index < -0.39 is 0 Å². The van der Waals surface area contributed by atoms with Crippen molar-refractivity contribution in [2.24, 2.45) is 0 Å². The lowest BCUT2D eigenvalue weighted by molar-refractivity contribution is 0.977. The Balaban J connectivity index is 2.80. The Labute approximate surface area is 78.6 Å². The first kappa shape index (κ1) is 7.73. The molecule has 2 aromatic heterocycles. The third-order valence-electron chi connectivity index (χ3n) is 1.75. The zero-order valence-electron chi connectivity index (χ0n) is 6.66. The highest BCUT2D eigenvalue weighted by atomic mass is 79.9. The number of rotatable bonds is 1. The van der Waals surface area contributed by atoms with Gasteiger partial charge in [-0.15, -0.1) is 0 Å². The second-order valence-corrected chi connectivity index (χ2v) is 3.33. The van der Waals surface area contributed by atoms with Crippen LogP contribution in [0.5, 0.6) is 0 Å². The summed E-state index contributed by atoms with van der Waals surface area (Å²) >= 11 is 3.35. The summed E-state index contributed by atoms with van der Waals surface area (Å²) in [6.45, 7) is 2.07. The standard InChI is InChI=1S/C8H8BrN3/c1-2-6-8-10-3-4-12(8)5-7(9)11-6/h3-5H,2H2,1H3. The van der Waals surface area contributed by atoms with Crippen molar-refractivity contribution in [2.45, 2.75) is 13.3 Å². The average Bonchev–Trinajstić information content (AvgIpc) is 2.50. The van der Waals surface area contributed by atoms with Gasteiger partial charge in [0.15, 0.2) is 5.65 Å². The van der Waals surface area contributed by atoms with E-state index in [2.05, 4.69) is 32.8 Å². The lowest BCUT2D eigenvalue weighted by Crippen LogP contribution is -1.95. The van der Waals surface area contributed by atoms with Gasteiger partial charge in [0.25, 0.3) is 0 Å². The highest BCUT2D eigenvalue weighted by molar-refractivity contribution is 9.10. The molecule has 0 atom stereocenters. The number of halogens is 1. The Hall–Kier alpha value is -0.900. The van der Waals surface area contributed by atoms with Gasteiger partial charge in [-0.2, -0.15) is 0 Å². The molecule has 0 amide bonds. The first-order valence-corrected chi connectivity index (χ1v) is 4.58. The maximum Gasteiger partial charge on any atom is 0.158 e. The number of aromatic nitrogens is 3. The molecule has 0 unspecified atom stereocenters. The van der Waals surface area contributed by atoms with Crippen molar-refractivity contribution in [3.63, 3.8) is 0 Å². The number of hydrogen-bond acceptors (Lipinski definition) is 2.